The van der Waals surface area contributed by atoms with Crippen LogP contribution in [0.3, 0.4) is 0 Å². The fourth-order valence-corrected chi connectivity index (χ4v) is 5.94. The zero-order valence-corrected chi connectivity index (χ0v) is 24.6. The van der Waals surface area contributed by atoms with Gasteiger partial charge in [-0.1, -0.05) is 18.2 Å². The molecular formula is C31H37F5N2O6. The number of nitrogens with zero attached hydrogens (tertiary/aromatic N) is 1. The third-order valence-electron chi connectivity index (χ3n) is 8.15. The second-order valence-electron chi connectivity index (χ2n) is 11.8. The molecule has 0 aromatic heterocycles. The number of hydrogen-bond acceptors (Lipinski definition) is 7. The number of morpholine rings is 1. The second-order valence-corrected chi connectivity index (χ2v) is 11.8. The van der Waals surface area contributed by atoms with Crippen molar-refractivity contribution in [3.63, 3.8) is 0 Å². The molecule has 2 aromatic carbocycles. The average Bonchev–Trinajstić information content (AvgIpc) is 3.29. The number of nitrogens with one attached hydrogen (secondary N) is 1. The van der Waals surface area contributed by atoms with E-state index in [1.807, 2.05) is 0 Å². The molecule has 1 saturated carbocycles. The van der Waals surface area contributed by atoms with Gasteiger partial charge in [0, 0.05) is 44.6 Å². The van der Waals surface area contributed by atoms with Crippen LogP contribution in [0, 0.1) is 11.6 Å². The molecule has 0 spiro atoms. The minimum atomic E-state index is -4.55. The lowest BCUT2D eigenvalue weighted by Gasteiger charge is -2.43. The summed E-state index contributed by atoms with van der Waals surface area (Å²) >= 11 is 0. The summed E-state index contributed by atoms with van der Waals surface area (Å²) in [5.74, 6) is -3.11. The third-order valence-corrected chi connectivity index (χ3v) is 8.15. The van der Waals surface area contributed by atoms with Crippen LogP contribution in [0.15, 0.2) is 42.5 Å². The van der Waals surface area contributed by atoms with E-state index in [0.717, 1.165) is 37.4 Å². The Morgan fingerprint density at radius 2 is 1.73 bits per heavy atom. The zero-order chi connectivity index (χ0) is 31.5. The van der Waals surface area contributed by atoms with E-state index < -0.39 is 65.6 Å². The summed E-state index contributed by atoms with van der Waals surface area (Å²) in [4.78, 5) is 16.1. The van der Waals surface area contributed by atoms with Crippen molar-refractivity contribution in [1.82, 2.24) is 10.2 Å². The van der Waals surface area contributed by atoms with E-state index in [0.29, 0.717) is 19.8 Å². The van der Waals surface area contributed by atoms with Crippen LogP contribution in [0.2, 0.25) is 0 Å². The summed E-state index contributed by atoms with van der Waals surface area (Å²) in [5, 5.41) is 2.93. The van der Waals surface area contributed by atoms with Crippen molar-refractivity contribution in [2.24, 2.45) is 0 Å². The number of hydrogen-bond donors (Lipinski definition) is 1. The molecule has 44 heavy (non-hydrogen) atoms. The molecule has 2 heterocycles. The Morgan fingerprint density at radius 1 is 1.02 bits per heavy atom. The zero-order valence-electron chi connectivity index (χ0n) is 24.6. The van der Waals surface area contributed by atoms with E-state index in [1.165, 1.54) is 18.2 Å². The van der Waals surface area contributed by atoms with Gasteiger partial charge in [-0.3, -0.25) is 9.69 Å². The van der Waals surface area contributed by atoms with Crippen LogP contribution >= 0.6 is 0 Å². The Hall–Kier alpha value is -2.68. The largest absolute Gasteiger partial charge is 0.416 e. The second kappa shape index (κ2) is 13.4. The molecule has 242 valence electrons. The van der Waals surface area contributed by atoms with Crippen molar-refractivity contribution >= 4 is 5.91 Å². The average molecular weight is 629 g/mol. The normalized spacial score (nSPS) is 27.2. The molecule has 13 heteroatoms. The number of carbonyl (C=O) groups is 1. The maximum Gasteiger partial charge on any atom is 0.416 e. The van der Waals surface area contributed by atoms with E-state index in [9.17, 15) is 26.7 Å². The molecule has 1 aliphatic carbocycles. The van der Waals surface area contributed by atoms with Gasteiger partial charge < -0.3 is 29.0 Å². The minimum Gasteiger partial charge on any atom is -0.379 e. The molecule has 2 aliphatic heterocycles. The van der Waals surface area contributed by atoms with Crippen LogP contribution in [0.1, 0.15) is 43.4 Å². The SMILES string of the molecule is CC1(C)O[C@@H]2C[C@@](OCc3cccc(C(F)(F)F)c3)(C(=O)NCCN3CCOCC3)CC(OCc3c(F)cccc3F)[C@@H]2O1. The molecule has 1 amide bonds. The van der Waals surface area contributed by atoms with Gasteiger partial charge in [-0.15, -0.1) is 0 Å². The summed E-state index contributed by atoms with van der Waals surface area (Å²) in [5.41, 5.74) is -2.51. The van der Waals surface area contributed by atoms with Crippen molar-refractivity contribution < 1.29 is 50.4 Å². The number of halogens is 5. The third kappa shape index (κ3) is 7.75. The lowest BCUT2D eigenvalue weighted by atomic mass is 9.78. The van der Waals surface area contributed by atoms with Crippen molar-refractivity contribution in [2.45, 2.75) is 75.8 Å². The standard InChI is InChI=1S/C31H37F5N2O6/c1-29(2)43-26-17-30(28(39)37-9-10-38-11-13-40-14-12-38,42-18-20-5-3-6-21(15-20)31(34,35)36)16-25(27(26)44-29)41-19-22-23(32)7-4-8-24(22)33/h3-8,15,25-27H,9-14,16-19H2,1-2H3,(H,37,39)/t25?,26-,27+,30-/m1/s1. The van der Waals surface area contributed by atoms with Crippen LogP contribution in [0.25, 0.3) is 0 Å². The van der Waals surface area contributed by atoms with Gasteiger partial charge in [0.05, 0.1) is 44.2 Å². The van der Waals surface area contributed by atoms with Crippen molar-refractivity contribution in [3.05, 3.63) is 70.8 Å². The minimum absolute atomic E-state index is 0.0252. The first-order valence-electron chi connectivity index (χ1n) is 14.6. The summed E-state index contributed by atoms with van der Waals surface area (Å²) in [6, 6.07) is 8.18. The van der Waals surface area contributed by atoms with Crippen LogP contribution in [-0.4, -0.2) is 79.9 Å². The van der Waals surface area contributed by atoms with Crippen LogP contribution in [0.5, 0.6) is 0 Å². The van der Waals surface area contributed by atoms with Crippen LogP contribution < -0.4 is 5.32 Å². The van der Waals surface area contributed by atoms with Gasteiger partial charge in [-0.2, -0.15) is 13.2 Å². The Balaban J connectivity index is 1.40. The Bertz CT molecular complexity index is 1280. The molecule has 8 nitrogen and oxygen atoms in total. The summed E-state index contributed by atoms with van der Waals surface area (Å²) in [7, 11) is 0. The predicted molar refractivity (Wildman–Crippen MR) is 147 cm³/mol. The van der Waals surface area contributed by atoms with E-state index >= 15 is 0 Å². The Labute approximate surface area is 252 Å². The Kier molecular flexibility index (Phi) is 9.93. The number of amides is 1. The van der Waals surface area contributed by atoms with Gasteiger partial charge in [-0.25, -0.2) is 8.78 Å². The van der Waals surface area contributed by atoms with Gasteiger partial charge in [0.1, 0.15) is 17.7 Å². The molecule has 1 N–H and O–H groups in total. The molecule has 5 rings (SSSR count). The molecular weight excluding hydrogens is 591 g/mol. The summed E-state index contributed by atoms with van der Waals surface area (Å²) in [6.07, 6.45) is -6.92. The quantitative estimate of drug-likeness (QED) is 0.386. The number of fused-ring (bicyclic) bond motifs is 1. The molecule has 4 atom stereocenters. The molecule has 3 fully saturated rings. The topological polar surface area (TPSA) is 78.5 Å². The highest BCUT2D eigenvalue weighted by Crippen LogP contribution is 2.44. The number of carbonyl (C=O) groups excluding carboxylic acids is 1. The van der Waals surface area contributed by atoms with Crippen molar-refractivity contribution in [2.75, 3.05) is 39.4 Å². The summed E-state index contributed by atoms with van der Waals surface area (Å²) in [6.45, 7) is 6.12. The van der Waals surface area contributed by atoms with E-state index in [-0.39, 0.29) is 37.1 Å². The lowest BCUT2D eigenvalue weighted by Crippen LogP contribution is -2.60. The van der Waals surface area contributed by atoms with Gasteiger partial charge >= 0.3 is 6.18 Å². The van der Waals surface area contributed by atoms with Crippen LogP contribution in [-0.2, 0) is 47.9 Å². The van der Waals surface area contributed by atoms with Gasteiger partial charge in [0.15, 0.2) is 11.4 Å². The van der Waals surface area contributed by atoms with Gasteiger partial charge in [0.25, 0.3) is 5.91 Å². The molecule has 0 radical (unpaired) electrons. The van der Waals surface area contributed by atoms with Crippen LogP contribution in [0.4, 0.5) is 22.0 Å². The first-order chi connectivity index (χ1) is 20.9. The number of rotatable bonds is 10. The molecule has 3 aliphatic rings. The Morgan fingerprint density at radius 3 is 2.43 bits per heavy atom. The fraction of sp³-hybridized carbons (Fsp3) is 0.581. The maximum absolute atomic E-state index is 14.4. The highest BCUT2D eigenvalue weighted by molar-refractivity contribution is 5.85. The van der Waals surface area contributed by atoms with E-state index in [2.05, 4.69) is 10.2 Å². The summed E-state index contributed by atoms with van der Waals surface area (Å²) < 4.78 is 99.0. The fourth-order valence-electron chi connectivity index (χ4n) is 5.94. The highest BCUT2D eigenvalue weighted by Gasteiger charge is 2.58. The number of ether oxygens (including phenoxy) is 5. The van der Waals surface area contributed by atoms with Crippen molar-refractivity contribution in [1.29, 1.82) is 0 Å². The smallest absolute Gasteiger partial charge is 0.379 e. The maximum atomic E-state index is 14.4. The number of alkyl halides is 3. The molecule has 2 saturated heterocycles. The van der Waals surface area contributed by atoms with Crippen molar-refractivity contribution in [3.8, 4) is 0 Å². The van der Waals surface area contributed by atoms with E-state index in [4.69, 9.17) is 23.7 Å². The molecule has 0 bridgehead atoms. The van der Waals surface area contributed by atoms with Gasteiger partial charge in [-0.05, 0) is 43.7 Å². The first-order valence-corrected chi connectivity index (χ1v) is 14.6. The molecule has 2 aromatic rings. The van der Waals surface area contributed by atoms with E-state index in [1.54, 1.807) is 13.8 Å². The predicted octanol–water partition coefficient (Wildman–Crippen LogP) is 4.59. The number of benzene rings is 2. The molecule has 1 unspecified atom stereocenters. The lowest BCUT2D eigenvalue weighted by molar-refractivity contribution is -0.183. The van der Waals surface area contributed by atoms with Gasteiger partial charge in [0.2, 0.25) is 0 Å². The highest BCUT2D eigenvalue weighted by atomic mass is 19.4. The first kappa shape index (κ1) is 32.7. The monoisotopic (exact) mass is 628 g/mol.